The molecule has 0 saturated carbocycles. The van der Waals surface area contributed by atoms with Crippen molar-refractivity contribution in [2.24, 2.45) is 4.99 Å². The van der Waals surface area contributed by atoms with Crippen molar-refractivity contribution in [2.45, 2.75) is 39.8 Å². The van der Waals surface area contributed by atoms with Crippen LogP contribution in [0.2, 0.25) is 0 Å². The molecular weight excluding hydrogens is 352 g/mol. The molecule has 152 valence electrons. The van der Waals surface area contributed by atoms with Crippen molar-refractivity contribution >= 4 is 5.96 Å². The second kappa shape index (κ2) is 12.7. The summed E-state index contributed by atoms with van der Waals surface area (Å²) in [6.07, 6.45) is 3.91. The first-order chi connectivity index (χ1) is 13.7. The van der Waals surface area contributed by atoms with Gasteiger partial charge in [-0.1, -0.05) is 30.3 Å². The van der Waals surface area contributed by atoms with E-state index in [0.29, 0.717) is 13.1 Å². The van der Waals surface area contributed by atoms with Crippen molar-refractivity contribution in [1.29, 1.82) is 0 Å². The molecule has 2 rings (SSSR count). The lowest BCUT2D eigenvalue weighted by atomic mass is 10.1. The number of nitrogens with zero attached hydrogens (tertiary/aromatic N) is 2. The number of benzene rings is 1. The van der Waals surface area contributed by atoms with Gasteiger partial charge in [0.05, 0.1) is 13.1 Å². The van der Waals surface area contributed by atoms with Gasteiger partial charge in [-0.25, -0.2) is 4.99 Å². The fourth-order valence-corrected chi connectivity index (χ4v) is 2.73. The third kappa shape index (κ3) is 7.96. The van der Waals surface area contributed by atoms with Crippen LogP contribution in [0.4, 0.5) is 0 Å². The van der Waals surface area contributed by atoms with Gasteiger partial charge < -0.3 is 19.9 Å². The highest BCUT2D eigenvalue weighted by Gasteiger charge is 2.00. The predicted octanol–water partition coefficient (Wildman–Crippen LogP) is 2.77. The molecule has 6 heteroatoms. The molecule has 0 aliphatic rings. The molecule has 0 aliphatic heterocycles. The van der Waals surface area contributed by atoms with Crippen LogP contribution in [0.1, 0.15) is 37.8 Å². The molecule has 0 atom stereocenters. The first kappa shape index (κ1) is 21.7. The number of guanidine groups is 1. The van der Waals surface area contributed by atoms with Crippen molar-refractivity contribution in [1.82, 2.24) is 15.2 Å². The number of aliphatic imine (C=N–C) groups is 1. The summed E-state index contributed by atoms with van der Waals surface area (Å²) in [7, 11) is 0. The lowest BCUT2D eigenvalue weighted by Gasteiger charge is -2.11. The number of ether oxygens (including phenoxy) is 1. The normalized spacial score (nSPS) is 11.4. The standard InChI is InChI=1S/C22H32N4O2/c1-3-23-22(24-14-6-8-16-28-4-2)25-17-19-10-12-20(13-11-19)18-26-15-7-5-9-21(26)27/h5,7,9-13,15H,3-4,6,8,14,16-18H2,1-2H3,(H2,23,24,25). The Labute approximate surface area is 167 Å². The molecule has 0 spiro atoms. The Balaban J connectivity index is 1.84. The summed E-state index contributed by atoms with van der Waals surface area (Å²) in [6, 6.07) is 13.5. The van der Waals surface area contributed by atoms with Crippen molar-refractivity contribution in [3.8, 4) is 0 Å². The topological polar surface area (TPSA) is 67.7 Å². The lowest BCUT2D eigenvalue weighted by Crippen LogP contribution is -2.37. The summed E-state index contributed by atoms with van der Waals surface area (Å²) < 4.78 is 7.05. The second-order valence-electron chi connectivity index (χ2n) is 6.51. The Kier molecular flexibility index (Phi) is 9.86. The first-order valence-electron chi connectivity index (χ1n) is 10.1. The summed E-state index contributed by atoms with van der Waals surface area (Å²) in [5, 5.41) is 6.64. The maximum atomic E-state index is 11.8. The molecule has 0 radical (unpaired) electrons. The molecule has 0 bridgehead atoms. The van der Waals surface area contributed by atoms with Crippen molar-refractivity contribution in [3.63, 3.8) is 0 Å². The number of rotatable bonds is 11. The van der Waals surface area contributed by atoms with Crippen molar-refractivity contribution < 1.29 is 4.74 Å². The summed E-state index contributed by atoms with van der Waals surface area (Å²) in [4.78, 5) is 16.5. The van der Waals surface area contributed by atoms with E-state index < -0.39 is 0 Å². The van der Waals surface area contributed by atoms with E-state index in [1.807, 2.05) is 19.2 Å². The Hall–Kier alpha value is -2.60. The van der Waals surface area contributed by atoms with Gasteiger partial charge in [0.25, 0.3) is 5.56 Å². The summed E-state index contributed by atoms with van der Waals surface area (Å²) in [5.41, 5.74) is 2.25. The number of unbranched alkanes of at least 4 members (excludes halogenated alkanes) is 1. The van der Waals surface area contributed by atoms with Crippen LogP contribution >= 0.6 is 0 Å². The third-order valence-electron chi connectivity index (χ3n) is 4.25. The average Bonchev–Trinajstić information content (AvgIpc) is 2.71. The van der Waals surface area contributed by atoms with E-state index in [1.165, 1.54) is 0 Å². The quantitative estimate of drug-likeness (QED) is 0.355. The molecule has 0 amide bonds. The number of nitrogens with one attached hydrogen (secondary N) is 2. The Morgan fingerprint density at radius 3 is 2.54 bits per heavy atom. The smallest absolute Gasteiger partial charge is 0.250 e. The highest BCUT2D eigenvalue weighted by molar-refractivity contribution is 5.79. The molecule has 28 heavy (non-hydrogen) atoms. The van der Waals surface area contributed by atoms with E-state index in [-0.39, 0.29) is 5.56 Å². The molecule has 1 heterocycles. The first-order valence-corrected chi connectivity index (χ1v) is 10.1. The van der Waals surface area contributed by atoms with Gasteiger partial charge in [-0.15, -0.1) is 0 Å². The Morgan fingerprint density at radius 1 is 1.04 bits per heavy atom. The summed E-state index contributed by atoms with van der Waals surface area (Å²) >= 11 is 0. The van der Waals surface area contributed by atoms with Crippen molar-refractivity contribution in [2.75, 3.05) is 26.3 Å². The molecule has 1 aromatic heterocycles. The number of aromatic nitrogens is 1. The monoisotopic (exact) mass is 384 g/mol. The lowest BCUT2D eigenvalue weighted by molar-refractivity contribution is 0.143. The largest absolute Gasteiger partial charge is 0.382 e. The van der Waals surface area contributed by atoms with E-state index in [2.05, 4.69) is 46.8 Å². The maximum Gasteiger partial charge on any atom is 0.250 e. The van der Waals surface area contributed by atoms with Gasteiger partial charge in [0, 0.05) is 38.6 Å². The molecule has 0 unspecified atom stereocenters. The highest BCUT2D eigenvalue weighted by Crippen LogP contribution is 2.07. The van der Waals surface area contributed by atoms with Gasteiger partial charge in [-0.3, -0.25) is 4.79 Å². The van der Waals surface area contributed by atoms with Crippen LogP contribution in [-0.2, 0) is 17.8 Å². The van der Waals surface area contributed by atoms with E-state index in [1.54, 1.807) is 16.7 Å². The van der Waals surface area contributed by atoms with Crippen LogP contribution in [0, 0.1) is 0 Å². The van der Waals surface area contributed by atoms with Gasteiger partial charge in [-0.05, 0) is 43.9 Å². The molecule has 1 aromatic carbocycles. The van der Waals surface area contributed by atoms with Crippen LogP contribution in [-0.4, -0.2) is 36.8 Å². The second-order valence-corrected chi connectivity index (χ2v) is 6.51. The van der Waals surface area contributed by atoms with Gasteiger partial charge in [0.1, 0.15) is 0 Å². The Bertz CT molecular complexity index is 769. The maximum absolute atomic E-state index is 11.8. The van der Waals surface area contributed by atoms with E-state index >= 15 is 0 Å². The summed E-state index contributed by atoms with van der Waals surface area (Å²) in [5.74, 6) is 0.832. The van der Waals surface area contributed by atoms with E-state index in [0.717, 1.165) is 56.2 Å². The van der Waals surface area contributed by atoms with Crippen LogP contribution in [0.5, 0.6) is 0 Å². The number of hydrogen-bond acceptors (Lipinski definition) is 3. The third-order valence-corrected chi connectivity index (χ3v) is 4.25. The highest BCUT2D eigenvalue weighted by atomic mass is 16.5. The van der Waals surface area contributed by atoms with Gasteiger partial charge in [0.2, 0.25) is 0 Å². The number of hydrogen-bond donors (Lipinski definition) is 2. The van der Waals surface area contributed by atoms with Crippen LogP contribution in [0.15, 0.2) is 58.4 Å². The average molecular weight is 385 g/mol. The zero-order valence-corrected chi connectivity index (χ0v) is 17.0. The molecule has 2 aromatic rings. The Morgan fingerprint density at radius 2 is 1.82 bits per heavy atom. The molecular formula is C22H32N4O2. The van der Waals surface area contributed by atoms with Crippen LogP contribution in [0.25, 0.3) is 0 Å². The van der Waals surface area contributed by atoms with E-state index in [9.17, 15) is 4.79 Å². The molecule has 0 fully saturated rings. The van der Waals surface area contributed by atoms with Gasteiger partial charge in [-0.2, -0.15) is 0 Å². The zero-order chi connectivity index (χ0) is 20.0. The van der Waals surface area contributed by atoms with Crippen LogP contribution < -0.4 is 16.2 Å². The molecule has 0 aliphatic carbocycles. The summed E-state index contributed by atoms with van der Waals surface area (Å²) in [6.45, 7) is 8.56. The van der Waals surface area contributed by atoms with Gasteiger partial charge in [0.15, 0.2) is 5.96 Å². The molecule has 6 nitrogen and oxygen atoms in total. The van der Waals surface area contributed by atoms with E-state index in [4.69, 9.17) is 4.74 Å². The van der Waals surface area contributed by atoms with Crippen LogP contribution in [0.3, 0.4) is 0 Å². The fourth-order valence-electron chi connectivity index (χ4n) is 2.73. The minimum absolute atomic E-state index is 0.0128. The van der Waals surface area contributed by atoms with Crippen molar-refractivity contribution in [3.05, 3.63) is 70.1 Å². The minimum atomic E-state index is 0.0128. The minimum Gasteiger partial charge on any atom is -0.382 e. The zero-order valence-electron chi connectivity index (χ0n) is 17.0. The fraction of sp³-hybridized carbons (Fsp3) is 0.455. The van der Waals surface area contributed by atoms with Gasteiger partial charge >= 0.3 is 0 Å². The number of pyridine rings is 1. The predicted molar refractivity (Wildman–Crippen MR) is 115 cm³/mol. The molecule has 0 saturated heterocycles. The molecule has 2 N–H and O–H groups in total. The SMILES string of the molecule is CCNC(=NCc1ccc(Cn2ccccc2=O)cc1)NCCCCOCC.